The maximum absolute atomic E-state index is 12.8. The number of aryl methyl sites for hydroxylation is 1. The van der Waals surface area contributed by atoms with E-state index in [0.29, 0.717) is 5.56 Å². The van der Waals surface area contributed by atoms with Gasteiger partial charge in [-0.1, -0.05) is 33.8 Å². The molecule has 1 rings (SSSR count). The number of carbonyl (C=O) groups is 1. The number of benzene rings is 1. The van der Waals surface area contributed by atoms with Crippen LogP contribution in [0.4, 0.5) is 11.4 Å². The highest BCUT2D eigenvalue weighted by atomic mass is 32.2. The summed E-state index contributed by atoms with van der Waals surface area (Å²) in [4.78, 5) is 23.3. The number of rotatable bonds is 8. The molecule has 0 aromatic heterocycles. The molecule has 0 bridgehead atoms. The standard InChI is InChI=1S/C18H29N3O5S/c1-11(2)17(12(3)4)19-18(22)14(6)20(27(7,25)26)16-10-15(21(23)24)9-8-13(16)5/h8-12,14,17H,1-7H3,(H,19,22). The average Bonchev–Trinajstić information content (AvgIpc) is 2.51. The first-order chi connectivity index (χ1) is 12.3. The van der Waals surface area contributed by atoms with Crippen molar-refractivity contribution in [2.75, 3.05) is 10.6 Å². The molecule has 0 spiro atoms. The van der Waals surface area contributed by atoms with E-state index in [-0.39, 0.29) is 29.3 Å². The van der Waals surface area contributed by atoms with E-state index in [4.69, 9.17) is 0 Å². The number of sulfonamides is 1. The number of non-ortho nitro benzene ring substituents is 1. The lowest BCUT2D eigenvalue weighted by molar-refractivity contribution is -0.384. The largest absolute Gasteiger partial charge is 0.351 e. The van der Waals surface area contributed by atoms with Gasteiger partial charge in [-0.25, -0.2) is 8.42 Å². The lowest BCUT2D eigenvalue weighted by Crippen LogP contribution is -2.52. The maximum Gasteiger partial charge on any atom is 0.271 e. The van der Waals surface area contributed by atoms with Gasteiger partial charge in [0.15, 0.2) is 0 Å². The molecule has 0 fully saturated rings. The van der Waals surface area contributed by atoms with Gasteiger partial charge in [-0.05, 0) is 31.2 Å². The van der Waals surface area contributed by atoms with Crippen LogP contribution in [-0.4, -0.2) is 37.6 Å². The van der Waals surface area contributed by atoms with E-state index in [1.807, 2.05) is 27.7 Å². The Balaban J connectivity index is 3.35. The van der Waals surface area contributed by atoms with Gasteiger partial charge in [0, 0.05) is 18.2 Å². The van der Waals surface area contributed by atoms with E-state index in [9.17, 15) is 23.3 Å². The number of carbonyl (C=O) groups excluding carboxylic acids is 1. The van der Waals surface area contributed by atoms with Crippen LogP contribution < -0.4 is 9.62 Å². The maximum atomic E-state index is 12.8. The first-order valence-corrected chi connectivity index (χ1v) is 10.7. The van der Waals surface area contributed by atoms with Crippen LogP contribution in [0.15, 0.2) is 18.2 Å². The summed E-state index contributed by atoms with van der Waals surface area (Å²) in [6.07, 6.45) is 0.984. The SMILES string of the molecule is Cc1ccc([N+](=O)[O-])cc1N(C(C)C(=O)NC(C(C)C)C(C)C)S(C)(=O)=O. The Kier molecular flexibility index (Phi) is 7.36. The molecule has 152 valence electrons. The molecule has 0 heterocycles. The van der Waals surface area contributed by atoms with Crippen molar-refractivity contribution in [3.63, 3.8) is 0 Å². The summed E-state index contributed by atoms with van der Waals surface area (Å²) in [6, 6.07) is 2.79. The van der Waals surface area contributed by atoms with Crippen molar-refractivity contribution in [1.29, 1.82) is 0 Å². The molecular formula is C18H29N3O5S. The molecular weight excluding hydrogens is 370 g/mol. The highest BCUT2D eigenvalue weighted by Crippen LogP contribution is 2.29. The van der Waals surface area contributed by atoms with Gasteiger partial charge in [0.1, 0.15) is 6.04 Å². The normalized spacial score (nSPS) is 13.1. The molecule has 9 heteroatoms. The molecule has 0 saturated heterocycles. The van der Waals surface area contributed by atoms with Crippen LogP contribution in [0, 0.1) is 28.9 Å². The van der Waals surface area contributed by atoms with Gasteiger partial charge in [-0.15, -0.1) is 0 Å². The molecule has 0 aliphatic carbocycles. The summed E-state index contributed by atoms with van der Waals surface area (Å²) in [5, 5.41) is 14.0. The minimum absolute atomic E-state index is 0.118. The van der Waals surface area contributed by atoms with Crippen molar-refractivity contribution >= 4 is 27.3 Å². The number of nitrogens with zero attached hydrogens (tertiary/aromatic N) is 2. The number of hydrogen-bond acceptors (Lipinski definition) is 5. The summed E-state index contributed by atoms with van der Waals surface area (Å²) >= 11 is 0. The minimum Gasteiger partial charge on any atom is -0.351 e. The zero-order chi connectivity index (χ0) is 21.1. The summed E-state index contributed by atoms with van der Waals surface area (Å²) in [5.41, 5.74) is 0.411. The first-order valence-electron chi connectivity index (χ1n) is 8.82. The molecule has 0 aliphatic heterocycles. The van der Waals surface area contributed by atoms with Crippen molar-refractivity contribution < 1.29 is 18.1 Å². The lowest BCUT2D eigenvalue weighted by atomic mass is 9.93. The van der Waals surface area contributed by atoms with Gasteiger partial charge in [0.05, 0.1) is 16.9 Å². The van der Waals surface area contributed by atoms with Gasteiger partial charge in [0.2, 0.25) is 15.9 Å². The third-order valence-electron chi connectivity index (χ3n) is 4.47. The second-order valence-corrected chi connectivity index (χ2v) is 9.34. The number of nitrogens with one attached hydrogen (secondary N) is 1. The monoisotopic (exact) mass is 399 g/mol. The van der Waals surface area contributed by atoms with Crippen LogP contribution >= 0.6 is 0 Å². The van der Waals surface area contributed by atoms with Crippen LogP contribution in [0.2, 0.25) is 0 Å². The fourth-order valence-corrected chi connectivity index (χ4v) is 4.34. The fourth-order valence-electron chi connectivity index (χ4n) is 3.12. The van der Waals surface area contributed by atoms with Crippen LogP contribution in [0.5, 0.6) is 0 Å². The molecule has 1 aromatic carbocycles. The van der Waals surface area contributed by atoms with E-state index in [2.05, 4.69) is 5.32 Å². The van der Waals surface area contributed by atoms with Crippen molar-refractivity contribution in [3.05, 3.63) is 33.9 Å². The number of amides is 1. The second kappa shape index (κ2) is 8.69. The Morgan fingerprint density at radius 2 is 1.67 bits per heavy atom. The number of hydrogen-bond donors (Lipinski definition) is 1. The Labute approximate surface area is 161 Å². The predicted molar refractivity (Wildman–Crippen MR) is 106 cm³/mol. The Morgan fingerprint density at radius 3 is 2.07 bits per heavy atom. The average molecular weight is 400 g/mol. The van der Waals surface area contributed by atoms with Gasteiger partial charge in [0.25, 0.3) is 5.69 Å². The molecule has 1 unspecified atom stereocenters. The van der Waals surface area contributed by atoms with Gasteiger partial charge >= 0.3 is 0 Å². The highest BCUT2D eigenvalue weighted by Gasteiger charge is 2.33. The predicted octanol–water partition coefficient (Wildman–Crippen LogP) is 2.85. The van der Waals surface area contributed by atoms with E-state index in [1.165, 1.54) is 25.1 Å². The van der Waals surface area contributed by atoms with E-state index in [0.717, 1.165) is 10.6 Å². The zero-order valence-electron chi connectivity index (χ0n) is 16.9. The molecule has 1 aromatic rings. The van der Waals surface area contributed by atoms with E-state index < -0.39 is 26.9 Å². The second-order valence-electron chi connectivity index (χ2n) is 7.49. The van der Waals surface area contributed by atoms with Crippen LogP contribution in [-0.2, 0) is 14.8 Å². The fraction of sp³-hybridized carbons (Fsp3) is 0.611. The Morgan fingerprint density at radius 1 is 1.15 bits per heavy atom. The van der Waals surface area contributed by atoms with Crippen molar-refractivity contribution in [1.82, 2.24) is 5.32 Å². The third kappa shape index (κ3) is 5.66. The summed E-state index contributed by atoms with van der Waals surface area (Å²) in [6.45, 7) is 11.0. The summed E-state index contributed by atoms with van der Waals surface area (Å²) < 4.78 is 25.8. The summed E-state index contributed by atoms with van der Waals surface area (Å²) in [7, 11) is -3.85. The topological polar surface area (TPSA) is 110 Å². The van der Waals surface area contributed by atoms with Gasteiger partial charge < -0.3 is 5.32 Å². The van der Waals surface area contributed by atoms with Gasteiger partial charge in [-0.3, -0.25) is 19.2 Å². The molecule has 0 aliphatic rings. The molecule has 1 amide bonds. The van der Waals surface area contributed by atoms with Crippen LogP contribution in [0.3, 0.4) is 0 Å². The van der Waals surface area contributed by atoms with Crippen LogP contribution in [0.25, 0.3) is 0 Å². The van der Waals surface area contributed by atoms with Crippen molar-refractivity contribution in [2.45, 2.75) is 53.6 Å². The smallest absolute Gasteiger partial charge is 0.271 e. The minimum atomic E-state index is -3.85. The molecule has 1 atom stereocenters. The quantitative estimate of drug-likeness (QED) is 0.534. The van der Waals surface area contributed by atoms with Crippen molar-refractivity contribution in [3.8, 4) is 0 Å². The zero-order valence-corrected chi connectivity index (χ0v) is 17.7. The van der Waals surface area contributed by atoms with E-state index in [1.54, 1.807) is 6.92 Å². The highest BCUT2D eigenvalue weighted by molar-refractivity contribution is 7.92. The Hall–Kier alpha value is -2.16. The number of anilines is 1. The van der Waals surface area contributed by atoms with Crippen molar-refractivity contribution in [2.24, 2.45) is 11.8 Å². The number of nitro groups is 1. The van der Waals surface area contributed by atoms with Crippen LogP contribution in [0.1, 0.15) is 40.2 Å². The first kappa shape index (κ1) is 22.9. The Bertz CT molecular complexity index is 797. The molecule has 0 radical (unpaired) electrons. The summed E-state index contributed by atoms with van der Waals surface area (Å²) in [5.74, 6) is -0.0986. The van der Waals surface area contributed by atoms with Gasteiger partial charge in [-0.2, -0.15) is 0 Å². The number of nitro benzene ring substituents is 1. The molecule has 1 N–H and O–H groups in total. The van der Waals surface area contributed by atoms with E-state index >= 15 is 0 Å². The third-order valence-corrected chi connectivity index (χ3v) is 5.70. The molecule has 0 saturated carbocycles. The molecule has 8 nitrogen and oxygen atoms in total. The molecule has 27 heavy (non-hydrogen) atoms. The lowest BCUT2D eigenvalue weighted by Gasteiger charge is -2.32.